The highest BCUT2D eigenvalue weighted by Gasteiger charge is 2.30. The van der Waals surface area contributed by atoms with Crippen LogP contribution in [0.5, 0.6) is 11.5 Å². The minimum absolute atomic E-state index is 0.0543. The van der Waals surface area contributed by atoms with Crippen molar-refractivity contribution >= 4 is 5.91 Å². The van der Waals surface area contributed by atoms with E-state index in [1.165, 1.54) is 11.1 Å². The molecule has 0 aromatic heterocycles. The fourth-order valence-electron chi connectivity index (χ4n) is 3.16. The largest absolute Gasteiger partial charge is 0.496 e. The summed E-state index contributed by atoms with van der Waals surface area (Å²) < 4.78 is 10.8. The van der Waals surface area contributed by atoms with E-state index in [9.17, 15) is 4.79 Å². The third-order valence-electron chi connectivity index (χ3n) is 4.41. The smallest absolute Gasteiger partial charge is 0.261 e. The molecule has 4 heteroatoms. The molecule has 0 spiro atoms. The zero-order valence-corrected chi connectivity index (χ0v) is 13.7. The summed E-state index contributed by atoms with van der Waals surface area (Å²) in [5.74, 6) is 1.03. The predicted octanol–water partition coefficient (Wildman–Crippen LogP) is 3.29. The highest BCUT2D eigenvalue weighted by molar-refractivity contribution is 6.00. The number of carbonyl (C=O) groups is 1. The Hall–Kier alpha value is -2.49. The lowest BCUT2D eigenvalue weighted by Crippen LogP contribution is -2.42. The van der Waals surface area contributed by atoms with Gasteiger partial charge in [0.2, 0.25) is 0 Å². The maximum absolute atomic E-state index is 13.1. The van der Waals surface area contributed by atoms with Crippen LogP contribution in [-0.4, -0.2) is 31.1 Å². The molecule has 1 heterocycles. The van der Waals surface area contributed by atoms with Gasteiger partial charge in [-0.05, 0) is 36.6 Å². The van der Waals surface area contributed by atoms with Gasteiger partial charge in [-0.2, -0.15) is 0 Å². The number of ether oxygens (including phenoxy) is 2. The molecule has 1 unspecified atom stereocenters. The molecular weight excluding hydrogens is 290 g/mol. The first-order valence-electron chi connectivity index (χ1n) is 7.74. The van der Waals surface area contributed by atoms with Gasteiger partial charge in [0.25, 0.3) is 5.91 Å². The van der Waals surface area contributed by atoms with Crippen LogP contribution in [0.3, 0.4) is 0 Å². The Morgan fingerprint density at radius 2 is 1.61 bits per heavy atom. The number of hydrogen-bond donors (Lipinski definition) is 0. The molecule has 0 radical (unpaired) electrons. The van der Waals surface area contributed by atoms with Gasteiger partial charge in [0.15, 0.2) is 0 Å². The molecule has 1 amide bonds. The Labute approximate surface area is 136 Å². The summed E-state index contributed by atoms with van der Waals surface area (Å²) in [6, 6.07) is 13.8. The molecule has 1 aliphatic rings. The molecule has 0 saturated heterocycles. The van der Waals surface area contributed by atoms with Gasteiger partial charge in [-0.15, -0.1) is 0 Å². The molecule has 3 rings (SSSR count). The predicted molar refractivity (Wildman–Crippen MR) is 89.0 cm³/mol. The average Bonchev–Trinajstić information content (AvgIpc) is 2.59. The monoisotopic (exact) mass is 311 g/mol. The second kappa shape index (κ2) is 6.32. The second-order valence-corrected chi connectivity index (χ2v) is 5.79. The minimum Gasteiger partial charge on any atom is -0.496 e. The van der Waals surface area contributed by atoms with Crippen LogP contribution in [0.15, 0.2) is 42.5 Å². The summed E-state index contributed by atoms with van der Waals surface area (Å²) in [6.45, 7) is 2.69. The molecule has 120 valence electrons. The quantitative estimate of drug-likeness (QED) is 0.873. The number of nitrogens with zero attached hydrogens (tertiary/aromatic N) is 1. The zero-order valence-electron chi connectivity index (χ0n) is 13.7. The van der Waals surface area contributed by atoms with Gasteiger partial charge < -0.3 is 14.4 Å². The van der Waals surface area contributed by atoms with Gasteiger partial charge in [-0.3, -0.25) is 4.79 Å². The van der Waals surface area contributed by atoms with Crippen molar-refractivity contribution in [3.8, 4) is 11.5 Å². The van der Waals surface area contributed by atoms with Crippen molar-refractivity contribution in [2.24, 2.45) is 0 Å². The Morgan fingerprint density at radius 1 is 1.00 bits per heavy atom. The van der Waals surface area contributed by atoms with E-state index in [4.69, 9.17) is 9.47 Å². The van der Waals surface area contributed by atoms with Crippen LogP contribution in [0.4, 0.5) is 0 Å². The SMILES string of the molecule is COc1cccc(OC)c1C(=O)N1Cc2ccccc2CC1C. The second-order valence-electron chi connectivity index (χ2n) is 5.79. The number of methoxy groups -OCH3 is 2. The van der Waals surface area contributed by atoms with E-state index in [1.807, 2.05) is 23.1 Å². The Kier molecular flexibility index (Phi) is 4.24. The molecule has 0 bridgehead atoms. The third kappa shape index (κ3) is 2.77. The van der Waals surface area contributed by atoms with E-state index >= 15 is 0 Å². The van der Waals surface area contributed by atoms with Gasteiger partial charge in [0.05, 0.1) is 14.2 Å². The lowest BCUT2D eigenvalue weighted by molar-refractivity contribution is 0.0651. The van der Waals surface area contributed by atoms with Gasteiger partial charge in [-0.25, -0.2) is 0 Å². The van der Waals surface area contributed by atoms with Crippen molar-refractivity contribution in [1.82, 2.24) is 4.90 Å². The van der Waals surface area contributed by atoms with E-state index in [0.717, 1.165) is 6.42 Å². The van der Waals surface area contributed by atoms with Gasteiger partial charge in [0.1, 0.15) is 17.1 Å². The lowest BCUT2D eigenvalue weighted by atomic mass is 9.94. The molecule has 1 aliphatic heterocycles. The van der Waals surface area contributed by atoms with Crippen LogP contribution in [0.1, 0.15) is 28.4 Å². The molecule has 23 heavy (non-hydrogen) atoms. The summed E-state index contributed by atoms with van der Waals surface area (Å²) in [4.78, 5) is 15.0. The molecule has 0 fully saturated rings. The summed E-state index contributed by atoms with van der Waals surface area (Å²) in [5.41, 5.74) is 3.01. The van der Waals surface area contributed by atoms with E-state index in [2.05, 4.69) is 19.1 Å². The first-order chi connectivity index (χ1) is 11.2. The average molecular weight is 311 g/mol. The number of carbonyl (C=O) groups excluding carboxylic acids is 1. The summed E-state index contributed by atoms with van der Waals surface area (Å²) >= 11 is 0. The molecular formula is C19H21NO3. The molecule has 0 aliphatic carbocycles. The van der Waals surface area contributed by atoms with E-state index < -0.39 is 0 Å². The first kappa shape index (κ1) is 15.4. The van der Waals surface area contributed by atoms with Gasteiger partial charge >= 0.3 is 0 Å². The number of amides is 1. The van der Waals surface area contributed by atoms with Crippen molar-refractivity contribution in [3.05, 3.63) is 59.2 Å². The van der Waals surface area contributed by atoms with Crippen molar-refractivity contribution in [2.45, 2.75) is 25.9 Å². The highest BCUT2D eigenvalue weighted by Crippen LogP contribution is 2.32. The number of hydrogen-bond acceptors (Lipinski definition) is 3. The van der Waals surface area contributed by atoms with Crippen molar-refractivity contribution in [3.63, 3.8) is 0 Å². The normalized spacial score (nSPS) is 16.7. The molecule has 2 aromatic carbocycles. The van der Waals surface area contributed by atoms with Crippen LogP contribution >= 0.6 is 0 Å². The summed E-state index contributed by atoms with van der Waals surface area (Å²) in [5, 5.41) is 0. The number of fused-ring (bicyclic) bond motifs is 1. The summed E-state index contributed by atoms with van der Waals surface area (Å²) in [6.07, 6.45) is 0.860. The Balaban J connectivity index is 1.98. The van der Waals surface area contributed by atoms with Crippen LogP contribution in [0.25, 0.3) is 0 Å². The molecule has 0 N–H and O–H groups in total. The van der Waals surface area contributed by atoms with E-state index in [-0.39, 0.29) is 11.9 Å². The fraction of sp³-hybridized carbons (Fsp3) is 0.316. The molecule has 4 nitrogen and oxygen atoms in total. The van der Waals surface area contributed by atoms with Crippen molar-refractivity contribution < 1.29 is 14.3 Å². The van der Waals surface area contributed by atoms with Crippen molar-refractivity contribution in [1.29, 1.82) is 0 Å². The van der Waals surface area contributed by atoms with Crippen LogP contribution in [0, 0.1) is 0 Å². The van der Waals surface area contributed by atoms with E-state index in [0.29, 0.717) is 23.6 Å². The van der Waals surface area contributed by atoms with Gasteiger partial charge in [-0.1, -0.05) is 30.3 Å². The standard InChI is InChI=1S/C19H21NO3/c1-13-11-14-7-4-5-8-15(14)12-20(13)19(21)18-16(22-2)9-6-10-17(18)23-3/h4-10,13H,11-12H2,1-3H3. The maximum atomic E-state index is 13.1. The van der Waals surface area contributed by atoms with E-state index in [1.54, 1.807) is 26.4 Å². The van der Waals surface area contributed by atoms with Crippen LogP contribution < -0.4 is 9.47 Å². The Bertz CT molecular complexity index is 704. The molecule has 1 atom stereocenters. The number of rotatable bonds is 3. The zero-order chi connectivity index (χ0) is 16.4. The third-order valence-corrected chi connectivity index (χ3v) is 4.41. The van der Waals surface area contributed by atoms with Gasteiger partial charge in [0, 0.05) is 12.6 Å². The summed E-state index contributed by atoms with van der Waals surface area (Å²) in [7, 11) is 3.14. The van der Waals surface area contributed by atoms with Crippen LogP contribution in [-0.2, 0) is 13.0 Å². The molecule has 0 saturated carbocycles. The maximum Gasteiger partial charge on any atom is 0.261 e. The topological polar surface area (TPSA) is 38.8 Å². The first-order valence-corrected chi connectivity index (χ1v) is 7.74. The lowest BCUT2D eigenvalue weighted by Gasteiger charge is -2.35. The molecule has 2 aromatic rings. The minimum atomic E-state index is -0.0543. The van der Waals surface area contributed by atoms with Crippen LogP contribution in [0.2, 0.25) is 0 Å². The number of benzene rings is 2. The fourth-order valence-corrected chi connectivity index (χ4v) is 3.16. The Morgan fingerprint density at radius 3 is 2.22 bits per heavy atom. The highest BCUT2D eigenvalue weighted by atomic mass is 16.5. The van der Waals surface area contributed by atoms with Crippen molar-refractivity contribution in [2.75, 3.05) is 14.2 Å².